The maximum absolute atomic E-state index is 12.7. The van der Waals surface area contributed by atoms with Gasteiger partial charge in [-0.25, -0.2) is 4.39 Å². The number of benzene rings is 2. The third-order valence-corrected chi connectivity index (χ3v) is 2.65. The van der Waals surface area contributed by atoms with Crippen LogP contribution in [0.2, 0.25) is 0 Å². The van der Waals surface area contributed by atoms with Crippen molar-refractivity contribution in [2.24, 2.45) is 5.73 Å². The van der Waals surface area contributed by atoms with Crippen molar-refractivity contribution < 1.29 is 22.3 Å². The normalized spacial score (nSPS) is 11.4. The predicted molar refractivity (Wildman–Crippen MR) is 65.8 cm³/mol. The summed E-state index contributed by atoms with van der Waals surface area (Å²) in [6, 6.07) is 8.51. The van der Waals surface area contributed by atoms with Gasteiger partial charge in [0.1, 0.15) is 17.3 Å². The number of alkyl halides is 3. The molecule has 2 N–H and O–H groups in total. The molecule has 0 saturated heterocycles. The molecule has 2 aromatic carbocycles. The Hall–Kier alpha value is -2.08. The molecule has 106 valence electrons. The van der Waals surface area contributed by atoms with Crippen molar-refractivity contribution in [3.63, 3.8) is 0 Å². The minimum atomic E-state index is -4.46. The van der Waals surface area contributed by atoms with E-state index >= 15 is 0 Å². The van der Waals surface area contributed by atoms with Crippen LogP contribution in [0.15, 0.2) is 42.5 Å². The van der Waals surface area contributed by atoms with E-state index in [2.05, 4.69) is 0 Å². The van der Waals surface area contributed by atoms with Gasteiger partial charge in [0, 0.05) is 6.54 Å². The average molecular weight is 285 g/mol. The number of hydrogen-bond acceptors (Lipinski definition) is 2. The molecule has 0 aromatic heterocycles. The number of nitrogens with two attached hydrogens (primary N) is 1. The molecule has 0 unspecified atom stereocenters. The first-order valence-electron chi connectivity index (χ1n) is 5.74. The quantitative estimate of drug-likeness (QED) is 0.862. The van der Waals surface area contributed by atoms with Crippen molar-refractivity contribution in [3.05, 3.63) is 59.4 Å². The summed E-state index contributed by atoms with van der Waals surface area (Å²) in [5.41, 5.74) is 4.48. The molecular weight excluding hydrogens is 274 g/mol. The highest BCUT2D eigenvalue weighted by Gasteiger charge is 2.33. The van der Waals surface area contributed by atoms with Crippen LogP contribution >= 0.6 is 0 Å². The molecule has 0 aliphatic heterocycles. The van der Waals surface area contributed by atoms with Crippen molar-refractivity contribution in [2.75, 3.05) is 0 Å². The van der Waals surface area contributed by atoms with Crippen molar-refractivity contribution in [1.29, 1.82) is 0 Å². The van der Waals surface area contributed by atoms with Crippen molar-refractivity contribution >= 4 is 0 Å². The monoisotopic (exact) mass is 285 g/mol. The van der Waals surface area contributed by atoms with E-state index in [0.29, 0.717) is 5.75 Å². The Morgan fingerprint density at radius 2 is 1.55 bits per heavy atom. The molecule has 0 radical (unpaired) electrons. The topological polar surface area (TPSA) is 35.2 Å². The van der Waals surface area contributed by atoms with Crippen molar-refractivity contribution in [1.82, 2.24) is 0 Å². The summed E-state index contributed by atoms with van der Waals surface area (Å²) in [6.07, 6.45) is -4.46. The molecule has 0 atom stereocenters. The molecular formula is C14H11F4NO. The summed E-state index contributed by atoms with van der Waals surface area (Å²) < 4.78 is 56.2. The SMILES string of the molecule is NCc1cc(Oc2ccc(F)cc2)ccc1C(F)(F)F. The van der Waals surface area contributed by atoms with E-state index in [1.165, 1.54) is 36.4 Å². The van der Waals surface area contributed by atoms with Gasteiger partial charge in [-0.3, -0.25) is 0 Å². The summed E-state index contributed by atoms with van der Waals surface area (Å²) in [4.78, 5) is 0. The zero-order valence-electron chi connectivity index (χ0n) is 10.2. The van der Waals surface area contributed by atoms with Gasteiger partial charge in [-0.15, -0.1) is 0 Å². The fourth-order valence-electron chi connectivity index (χ4n) is 1.72. The van der Waals surface area contributed by atoms with Crippen LogP contribution < -0.4 is 10.5 Å². The first kappa shape index (κ1) is 14.3. The Labute approximate surface area is 112 Å². The molecule has 6 heteroatoms. The fraction of sp³-hybridized carbons (Fsp3) is 0.143. The second-order valence-electron chi connectivity index (χ2n) is 4.08. The van der Waals surface area contributed by atoms with Gasteiger partial charge in [0.2, 0.25) is 0 Å². The maximum atomic E-state index is 12.7. The van der Waals surface area contributed by atoms with Gasteiger partial charge in [-0.05, 0) is 48.0 Å². The molecule has 2 nitrogen and oxygen atoms in total. The van der Waals surface area contributed by atoms with E-state index < -0.39 is 17.6 Å². The molecule has 0 aliphatic rings. The highest BCUT2D eigenvalue weighted by molar-refractivity contribution is 5.39. The number of halogens is 4. The van der Waals surface area contributed by atoms with Crippen LogP contribution in [-0.4, -0.2) is 0 Å². The van der Waals surface area contributed by atoms with Crippen LogP contribution in [0.4, 0.5) is 17.6 Å². The first-order valence-corrected chi connectivity index (χ1v) is 5.74. The molecule has 2 aromatic rings. The smallest absolute Gasteiger partial charge is 0.416 e. The van der Waals surface area contributed by atoms with E-state index in [1.54, 1.807) is 0 Å². The van der Waals surface area contributed by atoms with E-state index in [9.17, 15) is 17.6 Å². The summed E-state index contributed by atoms with van der Waals surface area (Å²) >= 11 is 0. The van der Waals surface area contributed by atoms with Crippen molar-refractivity contribution in [2.45, 2.75) is 12.7 Å². The Kier molecular flexibility index (Phi) is 3.94. The van der Waals surface area contributed by atoms with Gasteiger partial charge in [-0.2, -0.15) is 13.2 Å². The van der Waals surface area contributed by atoms with Gasteiger partial charge in [0.15, 0.2) is 0 Å². The lowest BCUT2D eigenvalue weighted by Crippen LogP contribution is -2.11. The van der Waals surface area contributed by atoms with E-state index in [4.69, 9.17) is 10.5 Å². The molecule has 0 heterocycles. The summed E-state index contributed by atoms with van der Waals surface area (Å²) in [7, 11) is 0. The van der Waals surface area contributed by atoms with Crippen molar-refractivity contribution in [3.8, 4) is 11.5 Å². The number of rotatable bonds is 3. The lowest BCUT2D eigenvalue weighted by atomic mass is 10.1. The van der Waals surface area contributed by atoms with Gasteiger partial charge in [0.05, 0.1) is 5.56 Å². The molecule has 0 bridgehead atoms. The molecule has 0 aliphatic carbocycles. The molecule has 20 heavy (non-hydrogen) atoms. The largest absolute Gasteiger partial charge is 0.457 e. The Morgan fingerprint density at radius 3 is 2.10 bits per heavy atom. The Bertz CT molecular complexity index is 593. The third kappa shape index (κ3) is 3.27. The van der Waals surface area contributed by atoms with Crippen LogP contribution in [0.5, 0.6) is 11.5 Å². The van der Waals surface area contributed by atoms with Crippen LogP contribution in [0.25, 0.3) is 0 Å². The van der Waals surface area contributed by atoms with Crippen LogP contribution in [0.1, 0.15) is 11.1 Å². The Morgan fingerprint density at radius 1 is 0.950 bits per heavy atom. The predicted octanol–water partition coefficient (Wildman–Crippen LogP) is 4.10. The maximum Gasteiger partial charge on any atom is 0.416 e. The van der Waals surface area contributed by atoms with Gasteiger partial charge < -0.3 is 10.5 Å². The fourth-order valence-corrected chi connectivity index (χ4v) is 1.72. The molecule has 0 amide bonds. The highest BCUT2D eigenvalue weighted by Crippen LogP contribution is 2.34. The van der Waals surface area contributed by atoms with E-state index in [0.717, 1.165) is 6.07 Å². The van der Waals surface area contributed by atoms with Gasteiger partial charge in [-0.1, -0.05) is 0 Å². The van der Waals surface area contributed by atoms with Gasteiger partial charge >= 0.3 is 6.18 Å². The second kappa shape index (κ2) is 5.50. The standard InChI is InChI=1S/C14H11F4NO/c15-10-1-3-11(4-2-10)20-12-5-6-13(14(16,17)18)9(7-12)8-19/h1-7H,8,19H2. The Balaban J connectivity index is 2.28. The molecule has 0 fully saturated rings. The van der Waals surface area contributed by atoms with Crippen LogP contribution in [0.3, 0.4) is 0 Å². The van der Waals surface area contributed by atoms with Crippen LogP contribution in [0, 0.1) is 5.82 Å². The zero-order valence-corrected chi connectivity index (χ0v) is 10.2. The molecule has 2 rings (SSSR count). The summed E-state index contributed by atoms with van der Waals surface area (Å²) in [5, 5.41) is 0. The lowest BCUT2D eigenvalue weighted by Gasteiger charge is -2.13. The molecule has 0 spiro atoms. The van der Waals surface area contributed by atoms with Gasteiger partial charge in [0.25, 0.3) is 0 Å². The summed E-state index contributed by atoms with van der Waals surface area (Å²) in [5.74, 6) is 0.117. The van der Waals surface area contributed by atoms with E-state index in [1.807, 2.05) is 0 Å². The first-order chi connectivity index (χ1) is 9.40. The zero-order chi connectivity index (χ0) is 14.8. The second-order valence-corrected chi connectivity index (χ2v) is 4.08. The average Bonchev–Trinajstić information content (AvgIpc) is 2.40. The summed E-state index contributed by atoms with van der Waals surface area (Å²) in [6.45, 7) is -0.255. The number of hydrogen-bond donors (Lipinski definition) is 1. The minimum Gasteiger partial charge on any atom is -0.457 e. The lowest BCUT2D eigenvalue weighted by molar-refractivity contribution is -0.138. The third-order valence-electron chi connectivity index (χ3n) is 2.65. The highest BCUT2D eigenvalue weighted by atomic mass is 19.4. The van der Waals surface area contributed by atoms with Crippen LogP contribution in [-0.2, 0) is 12.7 Å². The number of ether oxygens (including phenoxy) is 1. The molecule has 0 saturated carbocycles. The minimum absolute atomic E-state index is 0.0582. The van der Waals surface area contributed by atoms with E-state index in [-0.39, 0.29) is 17.9 Å².